The molecule has 2 aromatic rings. The highest BCUT2D eigenvalue weighted by Gasteiger charge is 2.27. The normalized spacial score (nSPS) is 11.6. The van der Waals surface area contributed by atoms with Crippen LogP contribution in [0, 0.1) is 0 Å². The van der Waals surface area contributed by atoms with E-state index in [1.54, 1.807) is 40.7 Å². The third-order valence-corrected chi connectivity index (χ3v) is 4.83. The summed E-state index contributed by atoms with van der Waals surface area (Å²) >= 11 is 0. The molecule has 0 unspecified atom stereocenters. The summed E-state index contributed by atoms with van der Waals surface area (Å²) < 4.78 is 26.2. The Morgan fingerprint density at radius 1 is 0.868 bits per heavy atom. The average molecular weight is 530 g/mol. The lowest BCUT2D eigenvalue weighted by atomic mass is 10.0. The first kappa shape index (κ1) is 30.1. The summed E-state index contributed by atoms with van der Waals surface area (Å²) in [4.78, 5) is 49.8. The number of carbonyl (C=O) groups excluding carboxylic acids is 4. The highest BCUT2D eigenvalue weighted by atomic mass is 16.6. The minimum absolute atomic E-state index is 0.0148. The molecule has 0 fully saturated rings. The van der Waals surface area contributed by atoms with E-state index < -0.39 is 42.3 Å². The summed E-state index contributed by atoms with van der Waals surface area (Å²) in [6.07, 6.45) is -0.809. The first-order valence-corrected chi connectivity index (χ1v) is 12.3. The maximum Gasteiger partial charge on any atom is 0.408 e. The Labute approximate surface area is 222 Å². The van der Waals surface area contributed by atoms with Crippen LogP contribution in [0.3, 0.4) is 0 Å². The molecule has 0 aliphatic carbocycles. The highest BCUT2D eigenvalue weighted by Crippen LogP contribution is 2.23. The molecular formula is C28H35NO9. The summed E-state index contributed by atoms with van der Waals surface area (Å²) in [5.74, 6) is -1.82. The van der Waals surface area contributed by atoms with Crippen LogP contribution < -0.4 is 10.1 Å². The minimum Gasteiger partial charge on any atom is -0.481 e. The van der Waals surface area contributed by atoms with Gasteiger partial charge in [-0.15, -0.1) is 0 Å². The number of esters is 3. The van der Waals surface area contributed by atoms with Gasteiger partial charge in [-0.2, -0.15) is 0 Å². The molecule has 2 rings (SSSR count). The zero-order valence-electron chi connectivity index (χ0n) is 22.4. The fraction of sp³-hybridized carbons (Fsp3) is 0.429. The van der Waals surface area contributed by atoms with E-state index in [2.05, 4.69) is 5.32 Å². The lowest BCUT2D eigenvalue weighted by Crippen LogP contribution is -2.45. The van der Waals surface area contributed by atoms with Crippen LogP contribution in [0.15, 0.2) is 48.5 Å². The number of alkyl carbamates (subject to hydrolysis) is 1. The van der Waals surface area contributed by atoms with Crippen molar-refractivity contribution in [3.8, 4) is 5.75 Å². The molecule has 0 aliphatic heterocycles. The molecule has 0 spiro atoms. The predicted octanol–water partition coefficient (Wildman–Crippen LogP) is 3.98. The Morgan fingerprint density at radius 2 is 1.55 bits per heavy atom. The van der Waals surface area contributed by atoms with Crippen LogP contribution in [0.25, 0.3) is 0 Å². The molecule has 0 aromatic heterocycles. The predicted molar refractivity (Wildman–Crippen MR) is 138 cm³/mol. The lowest BCUT2D eigenvalue weighted by molar-refractivity contribution is -0.147. The number of hydrogen-bond donors (Lipinski definition) is 1. The zero-order valence-corrected chi connectivity index (χ0v) is 22.4. The van der Waals surface area contributed by atoms with Crippen molar-refractivity contribution in [1.29, 1.82) is 0 Å². The molecule has 206 valence electrons. The molecule has 0 heterocycles. The minimum atomic E-state index is -1.12. The van der Waals surface area contributed by atoms with Gasteiger partial charge < -0.3 is 29.0 Å². The second kappa shape index (κ2) is 14.6. The summed E-state index contributed by atoms with van der Waals surface area (Å²) in [6.45, 7) is 8.37. The quantitative estimate of drug-likeness (QED) is 0.321. The van der Waals surface area contributed by atoms with E-state index in [0.717, 1.165) is 5.56 Å². The third kappa shape index (κ3) is 10.5. The molecule has 0 radical (unpaired) electrons. The second-order valence-electron chi connectivity index (χ2n) is 9.14. The first-order chi connectivity index (χ1) is 18.0. The summed E-state index contributed by atoms with van der Waals surface area (Å²) in [7, 11) is 0. The second-order valence-corrected chi connectivity index (χ2v) is 9.14. The SMILES string of the molecule is CCOC(=O)COc1ccc(C[C@H](NC(=O)OC(C)(C)C)C(=O)OCc2ccccc2)cc1C(=O)OCC. The number of benzene rings is 2. The van der Waals surface area contributed by atoms with Crippen molar-refractivity contribution >= 4 is 24.0 Å². The molecule has 10 heteroatoms. The first-order valence-electron chi connectivity index (χ1n) is 12.3. The van der Waals surface area contributed by atoms with Crippen molar-refractivity contribution in [2.24, 2.45) is 0 Å². The van der Waals surface area contributed by atoms with Crippen LogP contribution >= 0.6 is 0 Å². The van der Waals surface area contributed by atoms with E-state index in [4.69, 9.17) is 23.7 Å². The Balaban J connectivity index is 2.27. The Kier molecular flexibility index (Phi) is 11.6. The van der Waals surface area contributed by atoms with Gasteiger partial charge >= 0.3 is 24.0 Å². The molecule has 1 N–H and O–H groups in total. The van der Waals surface area contributed by atoms with E-state index in [9.17, 15) is 19.2 Å². The van der Waals surface area contributed by atoms with Gasteiger partial charge in [0.05, 0.1) is 13.2 Å². The van der Waals surface area contributed by atoms with Crippen LogP contribution in [0.2, 0.25) is 0 Å². The van der Waals surface area contributed by atoms with E-state index in [1.165, 1.54) is 12.1 Å². The molecule has 10 nitrogen and oxygen atoms in total. The number of amides is 1. The van der Waals surface area contributed by atoms with Crippen LogP contribution in [-0.4, -0.2) is 55.5 Å². The van der Waals surface area contributed by atoms with Crippen molar-refractivity contribution in [2.75, 3.05) is 19.8 Å². The molecule has 0 saturated carbocycles. The van der Waals surface area contributed by atoms with Gasteiger partial charge in [-0.25, -0.2) is 19.2 Å². The smallest absolute Gasteiger partial charge is 0.408 e. The molecule has 1 amide bonds. The van der Waals surface area contributed by atoms with Gasteiger partial charge in [0.1, 0.15) is 29.6 Å². The fourth-order valence-corrected chi connectivity index (χ4v) is 3.25. The zero-order chi connectivity index (χ0) is 28.1. The van der Waals surface area contributed by atoms with Gasteiger partial charge in [-0.3, -0.25) is 0 Å². The molecule has 0 aliphatic rings. The van der Waals surface area contributed by atoms with Crippen molar-refractivity contribution in [3.05, 3.63) is 65.2 Å². The Hall–Kier alpha value is -4.08. The maximum atomic E-state index is 13.0. The van der Waals surface area contributed by atoms with Crippen molar-refractivity contribution in [1.82, 2.24) is 5.32 Å². The fourth-order valence-electron chi connectivity index (χ4n) is 3.25. The Morgan fingerprint density at radius 3 is 2.18 bits per heavy atom. The van der Waals surface area contributed by atoms with Crippen molar-refractivity contribution in [2.45, 2.75) is 59.3 Å². The topological polar surface area (TPSA) is 126 Å². The van der Waals surface area contributed by atoms with Gasteiger partial charge in [0.15, 0.2) is 6.61 Å². The van der Waals surface area contributed by atoms with E-state index >= 15 is 0 Å². The van der Waals surface area contributed by atoms with Gasteiger partial charge in [0.25, 0.3) is 0 Å². The molecule has 0 saturated heterocycles. The van der Waals surface area contributed by atoms with E-state index in [0.29, 0.717) is 5.56 Å². The average Bonchev–Trinajstić information content (AvgIpc) is 2.86. The monoisotopic (exact) mass is 529 g/mol. The standard InChI is InChI=1S/C28H35NO9/c1-6-34-24(30)18-36-23-14-13-20(15-21(23)25(31)35-7-2)16-22(29-27(33)38-28(3,4)5)26(32)37-17-19-11-9-8-10-12-19/h8-15,22H,6-7,16-18H2,1-5H3,(H,29,33)/t22-/m0/s1. The number of ether oxygens (including phenoxy) is 5. The van der Waals surface area contributed by atoms with Crippen molar-refractivity contribution < 1.29 is 42.9 Å². The number of rotatable bonds is 12. The van der Waals surface area contributed by atoms with Crippen LogP contribution in [0.1, 0.15) is 56.1 Å². The summed E-state index contributed by atoms with van der Waals surface area (Å²) in [6, 6.07) is 12.6. The third-order valence-electron chi connectivity index (χ3n) is 4.83. The summed E-state index contributed by atoms with van der Waals surface area (Å²) in [5.41, 5.74) is 0.568. The summed E-state index contributed by atoms with van der Waals surface area (Å²) in [5, 5.41) is 2.56. The lowest BCUT2D eigenvalue weighted by Gasteiger charge is -2.23. The number of nitrogens with one attached hydrogen (secondary N) is 1. The largest absolute Gasteiger partial charge is 0.481 e. The van der Waals surface area contributed by atoms with Crippen molar-refractivity contribution in [3.63, 3.8) is 0 Å². The van der Waals surface area contributed by atoms with Gasteiger partial charge in [0.2, 0.25) is 0 Å². The molecule has 38 heavy (non-hydrogen) atoms. The number of carbonyl (C=O) groups is 4. The van der Waals surface area contributed by atoms with Crippen LogP contribution in [0.4, 0.5) is 4.79 Å². The van der Waals surface area contributed by atoms with Gasteiger partial charge in [0, 0.05) is 6.42 Å². The number of hydrogen-bond acceptors (Lipinski definition) is 9. The van der Waals surface area contributed by atoms with Gasteiger partial charge in [-0.05, 0) is 57.9 Å². The highest BCUT2D eigenvalue weighted by molar-refractivity contribution is 5.93. The van der Waals surface area contributed by atoms with Crippen LogP contribution in [-0.2, 0) is 41.6 Å². The van der Waals surface area contributed by atoms with Gasteiger partial charge in [-0.1, -0.05) is 36.4 Å². The van der Waals surface area contributed by atoms with E-state index in [-0.39, 0.29) is 37.6 Å². The molecule has 2 aromatic carbocycles. The van der Waals surface area contributed by atoms with Crippen LogP contribution in [0.5, 0.6) is 5.75 Å². The molecule has 1 atom stereocenters. The molecule has 0 bridgehead atoms. The Bertz CT molecular complexity index is 1090. The van der Waals surface area contributed by atoms with E-state index in [1.807, 2.05) is 30.3 Å². The maximum absolute atomic E-state index is 13.0. The molecular weight excluding hydrogens is 494 g/mol.